The molecule has 1 saturated heterocycles. The fraction of sp³-hybridized carbons (Fsp3) is 0.667. The van der Waals surface area contributed by atoms with Crippen molar-refractivity contribution in [3.05, 3.63) is 35.9 Å². The van der Waals surface area contributed by atoms with Gasteiger partial charge in [-0.25, -0.2) is 0 Å². The van der Waals surface area contributed by atoms with E-state index in [1.54, 1.807) is 0 Å². The first-order chi connectivity index (χ1) is 10.00. The van der Waals surface area contributed by atoms with Gasteiger partial charge in [0, 0.05) is 32.2 Å². The molecule has 2 unspecified atom stereocenters. The number of nitrogens with zero attached hydrogens (tertiary/aromatic N) is 2. The Morgan fingerprint density at radius 3 is 2.14 bits per heavy atom. The molecule has 2 rings (SSSR count). The maximum absolute atomic E-state index is 7.03. The second kappa shape index (κ2) is 6.91. The molecule has 1 aromatic carbocycles. The van der Waals surface area contributed by atoms with Gasteiger partial charge in [0.2, 0.25) is 0 Å². The van der Waals surface area contributed by atoms with E-state index in [0.717, 1.165) is 32.6 Å². The summed E-state index contributed by atoms with van der Waals surface area (Å²) in [5.41, 5.74) is 8.01. The molecule has 1 aliphatic rings. The van der Waals surface area contributed by atoms with Gasteiger partial charge < -0.3 is 10.6 Å². The first-order valence-corrected chi connectivity index (χ1v) is 8.27. The molecular formula is C18H31N3. The van der Waals surface area contributed by atoms with E-state index in [9.17, 15) is 0 Å². The molecule has 21 heavy (non-hydrogen) atoms. The van der Waals surface area contributed by atoms with Gasteiger partial charge in [-0.05, 0) is 24.9 Å². The Labute approximate surface area is 130 Å². The summed E-state index contributed by atoms with van der Waals surface area (Å²) in [5.74, 6) is 0.407. The lowest BCUT2D eigenvalue weighted by atomic mass is 9.73. The van der Waals surface area contributed by atoms with Crippen molar-refractivity contribution >= 4 is 0 Å². The number of hydrogen-bond donors (Lipinski definition) is 1. The van der Waals surface area contributed by atoms with Crippen LogP contribution in [0.25, 0.3) is 0 Å². The topological polar surface area (TPSA) is 32.5 Å². The van der Waals surface area contributed by atoms with Crippen LogP contribution in [-0.2, 0) is 5.54 Å². The average Bonchev–Trinajstić information content (AvgIpc) is 2.50. The lowest BCUT2D eigenvalue weighted by molar-refractivity contribution is 0.0451. The van der Waals surface area contributed by atoms with Gasteiger partial charge in [-0.15, -0.1) is 0 Å². The van der Waals surface area contributed by atoms with Crippen LogP contribution in [0.15, 0.2) is 30.3 Å². The van der Waals surface area contributed by atoms with Crippen molar-refractivity contribution in [2.45, 2.75) is 38.8 Å². The van der Waals surface area contributed by atoms with E-state index >= 15 is 0 Å². The predicted octanol–water partition coefficient (Wildman–Crippen LogP) is 2.52. The second-order valence-corrected chi connectivity index (χ2v) is 6.72. The van der Waals surface area contributed by atoms with Gasteiger partial charge >= 0.3 is 0 Å². The summed E-state index contributed by atoms with van der Waals surface area (Å²) in [4.78, 5) is 5.01. The van der Waals surface area contributed by atoms with E-state index in [1.165, 1.54) is 5.56 Å². The van der Waals surface area contributed by atoms with E-state index in [1.807, 2.05) is 0 Å². The minimum atomic E-state index is -0.286. The number of piperazine rings is 1. The minimum Gasteiger partial charge on any atom is -0.320 e. The van der Waals surface area contributed by atoms with Crippen LogP contribution in [0.1, 0.15) is 32.8 Å². The molecule has 2 N–H and O–H groups in total. The molecule has 118 valence electrons. The van der Waals surface area contributed by atoms with Crippen molar-refractivity contribution in [3.63, 3.8) is 0 Å². The zero-order valence-corrected chi connectivity index (χ0v) is 14.0. The van der Waals surface area contributed by atoms with Gasteiger partial charge in [-0.2, -0.15) is 0 Å². The number of hydrogen-bond acceptors (Lipinski definition) is 3. The predicted molar refractivity (Wildman–Crippen MR) is 90.3 cm³/mol. The Morgan fingerprint density at radius 2 is 1.67 bits per heavy atom. The highest BCUT2D eigenvalue weighted by molar-refractivity contribution is 5.27. The van der Waals surface area contributed by atoms with Crippen molar-refractivity contribution in [2.24, 2.45) is 11.7 Å². The molecule has 1 heterocycles. The van der Waals surface area contributed by atoms with Crippen LogP contribution < -0.4 is 5.73 Å². The van der Waals surface area contributed by atoms with Crippen molar-refractivity contribution in [3.8, 4) is 0 Å². The van der Waals surface area contributed by atoms with Gasteiger partial charge in [0.25, 0.3) is 0 Å². The summed E-state index contributed by atoms with van der Waals surface area (Å²) in [6.45, 7) is 11.3. The molecule has 1 aromatic rings. The zero-order chi connectivity index (χ0) is 15.5. The average molecular weight is 289 g/mol. The van der Waals surface area contributed by atoms with E-state index in [-0.39, 0.29) is 5.54 Å². The van der Waals surface area contributed by atoms with Gasteiger partial charge in [0.15, 0.2) is 0 Å². The molecule has 3 nitrogen and oxygen atoms in total. The van der Waals surface area contributed by atoms with Crippen molar-refractivity contribution in [2.75, 3.05) is 33.2 Å². The van der Waals surface area contributed by atoms with Crippen LogP contribution in [0.3, 0.4) is 0 Å². The third kappa shape index (κ3) is 3.31. The highest BCUT2D eigenvalue weighted by Crippen LogP contribution is 2.35. The van der Waals surface area contributed by atoms with Gasteiger partial charge in [-0.1, -0.05) is 51.1 Å². The van der Waals surface area contributed by atoms with E-state index in [4.69, 9.17) is 5.73 Å². The normalized spacial score (nSPS) is 22.2. The van der Waals surface area contributed by atoms with Crippen LogP contribution in [-0.4, -0.2) is 49.1 Å². The van der Waals surface area contributed by atoms with E-state index in [0.29, 0.717) is 12.0 Å². The highest BCUT2D eigenvalue weighted by Gasteiger charge is 2.42. The molecule has 0 aliphatic carbocycles. The zero-order valence-electron chi connectivity index (χ0n) is 14.0. The van der Waals surface area contributed by atoms with E-state index in [2.05, 4.69) is 68.0 Å². The fourth-order valence-corrected chi connectivity index (χ4v) is 3.67. The maximum Gasteiger partial charge on any atom is 0.0590 e. The van der Waals surface area contributed by atoms with Gasteiger partial charge in [0.1, 0.15) is 0 Å². The van der Waals surface area contributed by atoms with Gasteiger partial charge in [0.05, 0.1) is 5.54 Å². The molecule has 1 fully saturated rings. The van der Waals surface area contributed by atoms with Crippen LogP contribution >= 0.6 is 0 Å². The minimum absolute atomic E-state index is 0.286. The summed E-state index contributed by atoms with van der Waals surface area (Å²) >= 11 is 0. The fourth-order valence-electron chi connectivity index (χ4n) is 3.67. The molecule has 0 spiro atoms. The summed E-state index contributed by atoms with van der Waals surface area (Å²) in [5, 5.41) is 0. The molecule has 3 heteroatoms. The molecule has 2 atom stereocenters. The van der Waals surface area contributed by atoms with Crippen molar-refractivity contribution in [1.29, 1.82) is 0 Å². The molecule has 1 aliphatic heterocycles. The second-order valence-electron chi connectivity index (χ2n) is 6.72. The molecule has 0 amide bonds. The largest absolute Gasteiger partial charge is 0.320 e. The molecule has 0 aromatic heterocycles. The maximum atomic E-state index is 7.03. The van der Waals surface area contributed by atoms with Crippen LogP contribution in [0, 0.1) is 5.92 Å². The summed E-state index contributed by atoms with van der Waals surface area (Å²) < 4.78 is 0. The van der Waals surface area contributed by atoms with Crippen LogP contribution in [0.4, 0.5) is 0 Å². The lowest BCUT2D eigenvalue weighted by Crippen LogP contribution is -2.62. The third-order valence-electron chi connectivity index (χ3n) is 5.15. The number of nitrogens with two attached hydrogens (primary N) is 1. The first-order valence-electron chi connectivity index (χ1n) is 8.27. The monoisotopic (exact) mass is 289 g/mol. The number of likely N-dealkylation sites (N-methyl/N-ethyl adjacent to an activating group) is 1. The number of benzene rings is 1. The Morgan fingerprint density at radius 1 is 1.10 bits per heavy atom. The van der Waals surface area contributed by atoms with E-state index < -0.39 is 0 Å². The Bertz CT molecular complexity index is 423. The quantitative estimate of drug-likeness (QED) is 0.904. The smallest absolute Gasteiger partial charge is 0.0590 e. The Kier molecular flexibility index (Phi) is 5.42. The standard InChI is InChI=1S/C18H31N3/c1-5-17(21-13-11-20(4)12-14-21)18(19,15(2)3)16-9-7-6-8-10-16/h6-10,15,17H,5,11-14,19H2,1-4H3. The van der Waals surface area contributed by atoms with Crippen LogP contribution in [0.2, 0.25) is 0 Å². The summed E-state index contributed by atoms with van der Waals surface area (Å²) in [6, 6.07) is 11.1. The highest BCUT2D eigenvalue weighted by atomic mass is 15.3. The summed E-state index contributed by atoms with van der Waals surface area (Å²) in [6.07, 6.45) is 1.09. The molecule has 0 bridgehead atoms. The third-order valence-corrected chi connectivity index (χ3v) is 5.15. The Balaban J connectivity index is 2.31. The van der Waals surface area contributed by atoms with Gasteiger partial charge in [-0.3, -0.25) is 4.90 Å². The molecule has 0 radical (unpaired) electrons. The first kappa shape index (κ1) is 16.5. The summed E-state index contributed by atoms with van der Waals surface area (Å²) in [7, 11) is 2.20. The molecular weight excluding hydrogens is 258 g/mol. The SMILES string of the molecule is CCC(N1CCN(C)CC1)C(N)(c1ccccc1)C(C)C. The van der Waals surface area contributed by atoms with Crippen molar-refractivity contribution < 1.29 is 0 Å². The number of rotatable bonds is 5. The van der Waals surface area contributed by atoms with Crippen molar-refractivity contribution in [1.82, 2.24) is 9.80 Å². The Hall–Kier alpha value is -0.900. The molecule has 0 saturated carbocycles. The lowest BCUT2D eigenvalue weighted by Gasteiger charge is -2.48. The van der Waals surface area contributed by atoms with Crippen LogP contribution in [0.5, 0.6) is 0 Å².